The lowest BCUT2D eigenvalue weighted by atomic mass is 10.3. The fourth-order valence-electron chi connectivity index (χ4n) is 0.998. The van der Waals surface area contributed by atoms with E-state index in [4.69, 9.17) is 0 Å². The predicted octanol–water partition coefficient (Wildman–Crippen LogP) is 2.19. The molecule has 0 radical (unpaired) electrons. The lowest BCUT2D eigenvalue weighted by Crippen LogP contribution is -2.12. The maximum Gasteiger partial charge on any atom is 0.0794 e. The van der Waals surface area contributed by atoms with Gasteiger partial charge >= 0.3 is 0 Å². The summed E-state index contributed by atoms with van der Waals surface area (Å²) in [7, 11) is 0. The third-order valence-electron chi connectivity index (χ3n) is 1.58. The van der Waals surface area contributed by atoms with Gasteiger partial charge in [0.25, 0.3) is 0 Å². The van der Waals surface area contributed by atoms with Gasteiger partial charge in [-0.05, 0) is 12.2 Å². The van der Waals surface area contributed by atoms with Gasteiger partial charge in [0, 0.05) is 23.2 Å². The minimum atomic E-state index is -0.211. The first-order valence-electron chi connectivity index (χ1n) is 4.46. The Kier molecular flexibility index (Phi) is 5.43. The zero-order chi connectivity index (χ0) is 9.52. The second-order valence-corrected chi connectivity index (χ2v) is 5.02. The Bertz CT molecular complexity index is 213. The van der Waals surface area contributed by atoms with Gasteiger partial charge in [-0.15, -0.1) is 11.3 Å². The number of hydrogen-bond acceptors (Lipinski definition) is 4. The number of aromatic nitrogens is 1. The van der Waals surface area contributed by atoms with Crippen LogP contribution in [0.4, 0.5) is 0 Å². The molecule has 0 spiro atoms. The maximum absolute atomic E-state index is 9.61. The fraction of sp³-hybridized carbons (Fsp3) is 0.667. The molecule has 0 amide bonds. The molecule has 0 aromatic carbocycles. The molecule has 1 aromatic rings. The second-order valence-electron chi connectivity index (χ2n) is 2.90. The molecule has 0 saturated carbocycles. The van der Waals surface area contributed by atoms with Crippen molar-refractivity contribution in [1.82, 2.24) is 4.98 Å². The summed E-state index contributed by atoms with van der Waals surface area (Å²) in [6, 6.07) is 0. The van der Waals surface area contributed by atoms with Crippen molar-refractivity contribution in [2.75, 3.05) is 11.5 Å². The monoisotopic (exact) mass is 217 g/mol. The zero-order valence-electron chi connectivity index (χ0n) is 7.77. The lowest BCUT2D eigenvalue weighted by Gasteiger charge is -2.07. The van der Waals surface area contributed by atoms with Crippen molar-refractivity contribution in [3.8, 4) is 0 Å². The van der Waals surface area contributed by atoms with Crippen LogP contribution in [0.15, 0.2) is 11.7 Å². The van der Waals surface area contributed by atoms with Crippen molar-refractivity contribution in [3.63, 3.8) is 0 Å². The molecule has 1 atom stereocenters. The van der Waals surface area contributed by atoms with E-state index in [2.05, 4.69) is 11.9 Å². The Labute approximate surface area is 87.4 Å². The summed E-state index contributed by atoms with van der Waals surface area (Å²) in [5.74, 6) is 1.98. The molecule has 0 aliphatic carbocycles. The SMILES string of the molecule is CCCSCC(O)Cc1cncs1. The van der Waals surface area contributed by atoms with Crippen LogP contribution in [-0.4, -0.2) is 27.7 Å². The molecule has 1 heterocycles. The first kappa shape index (κ1) is 11.0. The first-order valence-corrected chi connectivity index (χ1v) is 6.49. The van der Waals surface area contributed by atoms with Crippen LogP contribution in [0.3, 0.4) is 0 Å². The summed E-state index contributed by atoms with van der Waals surface area (Å²) in [4.78, 5) is 5.14. The van der Waals surface area contributed by atoms with Gasteiger partial charge in [0.15, 0.2) is 0 Å². The van der Waals surface area contributed by atoms with Gasteiger partial charge in [-0.25, -0.2) is 0 Å². The summed E-state index contributed by atoms with van der Waals surface area (Å²) in [5, 5.41) is 9.61. The molecular weight excluding hydrogens is 202 g/mol. The molecule has 4 heteroatoms. The molecule has 0 aliphatic heterocycles. The minimum absolute atomic E-state index is 0.211. The van der Waals surface area contributed by atoms with Crippen LogP contribution in [0.5, 0.6) is 0 Å². The molecule has 13 heavy (non-hydrogen) atoms. The smallest absolute Gasteiger partial charge is 0.0794 e. The minimum Gasteiger partial charge on any atom is -0.392 e. The fourth-order valence-corrected chi connectivity index (χ4v) is 2.51. The topological polar surface area (TPSA) is 33.1 Å². The molecule has 1 N–H and O–H groups in total. The second kappa shape index (κ2) is 6.40. The van der Waals surface area contributed by atoms with Crippen LogP contribution >= 0.6 is 23.1 Å². The molecule has 1 aromatic heterocycles. The number of nitrogens with zero attached hydrogens (tertiary/aromatic N) is 1. The molecule has 74 valence electrons. The van der Waals surface area contributed by atoms with Crippen molar-refractivity contribution < 1.29 is 5.11 Å². The van der Waals surface area contributed by atoms with E-state index in [1.165, 1.54) is 11.3 Å². The Hall–Kier alpha value is -0.0600. The Morgan fingerprint density at radius 1 is 1.69 bits per heavy atom. The van der Waals surface area contributed by atoms with E-state index in [0.29, 0.717) is 0 Å². The highest BCUT2D eigenvalue weighted by Crippen LogP contribution is 2.12. The molecule has 2 nitrogen and oxygen atoms in total. The summed E-state index contributed by atoms with van der Waals surface area (Å²) < 4.78 is 0. The van der Waals surface area contributed by atoms with E-state index >= 15 is 0 Å². The van der Waals surface area contributed by atoms with Gasteiger partial charge in [-0.3, -0.25) is 4.98 Å². The average Bonchev–Trinajstić information content (AvgIpc) is 2.57. The van der Waals surface area contributed by atoms with Gasteiger partial charge in [0.1, 0.15) is 0 Å². The van der Waals surface area contributed by atoms with Gasteiger partial charge in [0.05, 0.1) is 11.6 Å². The van der Waals surface area contributed by atoms with Crippen molar-refractivity contribution in [2.45, 2.75) is 25.9 Å². The van der Waals surface area contributed by atoms with Crippen molar-refractivity contribution in [3.05, 3.63) is 16.6 Å². The highest BCUT2D eigenvalue weighted by Gasteiger charge is 2.06. The van der Waals surface area contributed by atoms with Crippen LogP contribution in [0, 0.1) is 0 Å². The van der Waals surface area contributed by atoms with Crippen molar-refractivity contribution in [2.24, 2.45) is 0 Å². The van der Waals surface area contributed by atoms with Crippen molar-refractivity contribution in [1.29, 1.82) is 0 Å². The van der Waals surface area contributed by atoms with Gasteiger partial charge in [-0.1, -0.05) is 6.92 Å². The third-order valence-corrected chi connectivity index (χ3v) is 3.70. The molecular formula is C9H15NOS2. The number of thiazole rings is 1. The molecule has 0 saturated heterocycles. The largest absolute Gasteiger partial charge is 0.392 e. The normalized spacial score (nSPS) is 13.1. The standard InChI is InChI=1S/C9H15NOS2/c1-2-3-12-6-8(11)4-9-5-10-7-13-9/h5,7-8,11H,2-4,6H2,1H3. The maximum atomic E-state index is 9.61. The Morgan fingerprint density at radius 2 is 2.54 bits per heavy atom. The molecule has 0 bridgehead atoms. The van der Waals surface area contributed by atoms with Gasteiger partial charge in [0.2, 0.25) is 0 Å². The summed E-state index contributed by atoms with van der Waals surface area (Å²) in [6.45, 7) is 2.16. The number of aliphatic hydroxyl groups is 1. The van der Waals surface area contributed by atoms with Crippen LogP contribution < -0.4 is 0 Å². The third kappa shape index (κ3) is 4.64. The number of rotatable bonds is 6. The molecule has 1 rings (SSSR count). The van der Waals surface area contributed by atoms with Crippen LogP contribution in [0.25, 0.3) is 0 Å². The van der Waals surface area contributed by atoms with Gasteiger partial charge in [-0.2, -0.15) is 11.8 Å². The van der Waals surface area contributed by atoms with Crippen LogP contribution in [0.2, 0.25) is 0 Å². The molecule has 0 aliphatic rings. The van der Waals surface area contributed by atoms with Crippen LogP contribution in [0.1, 0.15) is 18.2 Å². The summed E-state index contributed by atoms with van der Waals surface area (Å²) in [6.07, 6.45) is 3.55. The van der Waals surface area contributed by atoms with Crippen LogP contribution in [-0.2, 0) is 6.42 Å². The number of hydrogen-bond donors (Lipinski definition) is 1. The van der Waals surface area contributed by atoms with E-state index in [0.717, 1.165) is 17.9 Å². The number of thioether (sulfide) groups is 1. The highest BCUT2D eigenvalue weighted by atomic mass is 32.2. The van der Waals surface area contributed by atoms with E-state index in [1.807, 2.05) is 18.0 Å². The van der Waals surface area contributed by atoms with E-state index in [9.17, 15) is 5.11 Å². The zero-order valence-corrected chi connectivity index (χ0v) is 9.40. The predicted molar refractivity (Wildman–Crippen MR) is 59.4 cm³/mol. The Morgan fingerprint density at radius 3 is 3.15 bits per heavy atom. The lowest BCUT2D eigenvalue weighted by molar-refractivity contribution is 0.201. The average molecular weight is 217 g/mol. The first-order chi connectivity index (χ1) is 6.33. The summed E-state index contributed by atoms with van der Waals surface area (Å²) in [5.41, 5.74) is 1.81. The van der Waals surface area contributed by atoms with Gasteiger partial charge < -0.3 is 5.11 Å². The Balaban J connectivity index is 2.14. The number of aliphatic hydroxyl groups excluding tert-OH is 1. The highest BCUT2D eigenvalue weighted by molar-refractivity contribution is 7.99. The molecule has 0 fully saturated rings. The quantitative estimate of drug-likeness (QED) is 0.742. The molecule has 1 unspecified atom stereocenters. The summed E-state index contributed by atoms with van der Waals surface area (Å²) >= 11 is 3.43. The van der Waals surface area contributed by atoms with E-state index in [-0.39, 0.29) is 6.10 Å². The van der Waals surface area contributed by atoms with E-state index in [1.54, 1.807) is 16.8 Å². The van der Waals surface area contributed by atoms with E-state index < -0.39 is 0 Å². The van der Waals surface area contributed by atoms with Crippen molar-refractivity contribution >= 4 is 23.1 Å².